The molecule has 1 N–H and O–H groups in total. The van der Waals surface area contributed by atoms with Crippen LogP contribution in [0.3, 0.4) is 0 Å². The normalized spacial score (nSPS) is 6.60. The Labute approximate surface area is 33.4 Å². The molecule has 0 aliphatic carbocycles. The van der Waals surface area contributed by atoms with Gasteiger partial charge in [0.25, 0.3) is 0 Å². The first kappa shape index (κ1) is 4.96. The van der Waals surface area contributed by atoms with Gasteiger partial charge in [0.15, 0.2) is 0 Å². The van der Waals surface area contributed by atoms with E-state index in [4.69, 9.17) is 5.02 Å². The Morgan fingerprint density at radius 1 is 2.00 bits per heavy atom. The van der Waals surface area contributed by atoms with E-state index in [1.54, 1.807) is 6.92 Å². The molecular formula is C2H6B2O. The van der Waals surface area contributed by atoms with Gasteiger partial charge in [-0.1, -0.05) is 0 Å². The molecule has 1 nitrogen and oxygen atoms in total. The van der Waals surface area contributed by atoms with Gasteiger partial charge >= 0.3 is 32.3 Å². The molecule has 0 saturated heterocycles. The molecule has 0 amide bonds. The molecule has 0 aliphatic heterocycles. The zero-order chi connectivity index (χ0) is 4.28. The van der Waals surface area contributed by atoms with Crippen molar-refractivity contribution in [2.24, 2.45) is 0 Å². The molecule has 0 rings (SSSR count). The van der Waals surface area contributed by atoms with Crippen LogP contribution in [0.2, 0.25) is 0 Å². The second-order valence-corrected chi connectivity index (χ2v) is 1.12. The van der Waals surface area contributed by atoms with Gasteiger partial charge in [0.05, 0.1) is 0 Å². The molecule has 0 unspecified atom stereocenters. The van der Waals surface area contributed by atoms with E-state index in [0.29, 0.717) is 0 Å². The third-order valence-electron chi connectivity index (χ3n) is 0.270. The predicted molar refractivity (Wildman–Crippen MR) is 27.2 cm³/mol. The van der Waals surface area contributed by atoms with Crippen molar-refractivity contribution < 1.29 is 5.02 Å². The first-order chi connectivity index (χ1) is 2.27. The molecule has 0 atom stereocenters. The molecule has 0 aliphatic rings. The summed E-state index contributed by atoms with van der Waals surface area (Å²) in [5.74, 6) is 0. The zero-order valence-corrected chi connectivity index (χ0v) is 3.36. The van der Waals surface area contributed by atoms with E-state index in [-0.39, 0.29) is 7.48 Å². The van der Waals surface area contributed by atoms with Crippen LogP contribution < -0.4 is 0 Å². The molecular weight excluding hydrogens is 61.6 g/mol. The fraction of sp³-hybridized carbons (Fsp3) is 0.500. The Balaban J connectivity index is 2.85. The average Bonchev–Trinajstić information content (AvgIpc) is 1.38. The van der Waals surface area contributed by atoms with Gasteiger partial charge in [0, 0.05) is 0 Å². The molecule has 26 valence electrons. The molecule has 0 aromatic rings. The van der Waals surface area contributed by atoms with Gasteiger partial charge in [-0.2, -0.15) is 0 Å². The van der Waals surface area contributed by atoms with Gasteiger partial charge < -0.3 is 0 Å². The van der Waals surface area contributed by atoms with Crippen LogP contribution in [-0.4, -0.2) is 25.4 Å². The molecule has 0 aromatic carbocycles. The average molecular weight is 67.7 g/mol. The molecule has 0 aromatic heterocycles. The third kappa shape index (κ3) is 3.96. The van der Waals surface area contributed by atoms with Crippen molar-refractivity contribution >= 4 is 20.3 Å². The predicted octanol–water partition coefficient (Wildman–Crippen LogP) is -1.62. The van der Waals surface area contributed by atoms with Crippen LogP contribution in [0.15, 0.2) is 0 Å². The van der Waals surface area contributed by atoms with Crippen molar-refractivity contribution in [3.8, 4) is 0 Å². The zero-order valence-electron chi connectivity index (χ0n) is 3.36. The topological polar surface area (TPSA) is 20.2 Å². The third-order valence-corrected chi connectivity index (χ3v) is 0.270. The van der Waals surface area contributed by atoms with Gasteiger partial charge in [-0.3, -0.25) is 0 Å². The van der Waals surface area contributed by atoms with E-state index in [9.17, 15) is 0 Å². The van der Waals surface area contributed by atoms with Crippen LogP contribution in [0.25, 0.3) is 0 Å². The summed E-state index contributed by atoms with van der Waals surface area (Å²) in [4.78, 5) is 0. The quantitative estimate of drug-likeness (QED) is 0.366. The molecule has 0 fully saturated rings. The molecule has 0 radical (unpaired) electrons. The Kier molecular flexibility index (Phi) is 2.19. The van der Waals surface area contributed by atoms with Crippen molar-refractivity contribution in [2.75, 3.05) is 0 Å². The van der Waals surface area contributed by atoms with Crippen molar-refractivity contribution in [2.45, 2.75) is 6.92 Å². The standard InChI is InChI=1S/C2H6B2O/c1-2(3)4-5/h3-5H,1H3. The van der Waals surface area contributed by atoms with Crippen molar-refractivity contribution in [1.82, 2.24) is 0 Å². The van der Waals surface area contributed by atoms with Gasteiger partial charge in [0.2, 0.25) is 0 Å². The summed E-state index contributed by atoms with van der Waals surface area (Å²) < 4.78 is 0. The van der Waals surface area contributed by atoms with E-state index in [2.05, 4.69) is 7.49 Å². The number of hydrogen-bond donors (Lipinski definition) is 1. The first-order valence-corrected chi connectivity index (χ1v) is 1.52. The summed E-state index contributed by atoms with van der Waals surface area (Å²) in [5, 5.41) is 8.85. The van der Waals surface area contributed by atoms with Crippen molar-refractivity contribution in [3.05, 3.63) is 0 Å². The maximum atomic E-state index is 8.04. The van der Waals surface area contributed by atoms with Crippen LogP contribution in [0.4, 0.5) is 0 Å². The SMILES string of the molecule is B=C(C)BO. The minimum absolute atomic E-state index is 0.111. The Bertz CT molecular complexity index is 42.9. The summed E-state index contributed by atoms with van der Waals surface area (Å²) in [6.45, 7) is 1.78. The number of hydrogen-bond acceptors (Lipinski definition) is 1. The Morgan fingerprint density at radius 2 is 2.20 bits per heavy atom. The van der Waals surface area contributed by atoms with Crippen LogP contribution in [-0.2, 0) is 0 Å². The molecule has 5 heavy (non-hydrogen) atoms. The van der Waals surface area contributed by atoms with Crippen LogP contribution in [0.5, 0.6) is 0 Å². The van der Waals surface area contributed by atoms with Crippen LogP contribution in [0, 0.1) is 0 Å². The van der Waals surface area contributed by atoms with Gasteiger partial charge in [-0.15, -0.1) is 0 Å². The second kappa shape index (κ2) is 2.21. The van der Waals surface area contributed by atoms with E-state index >= 15 is 0 Å². The summed E-state index contributed by atoms with van der Waals surface area (Å²) in [5.41, 5.74) is 0. The Morgan fingerprint density at radius 3 is 2.20 bits per heavy atom. The van der Waals surface area contributed by atoms with E-state index in [1.807, 2.05) is 0 Å². The van der Waals surface area contributed by atoms with Gasteiger partial charge in [-0.05, 0) is 0 Å². The second-order valence-electron chi connectivity index (χ2n) is 1.12. The van der Waals surface area contributed by atoms with E-state index < -0.39 is 0 Å². The van der Waals surface area contributed by atoms with Crippen molar-refractivity contribution in [1.29, 1.82) is 0 Å². The summed E-state index contributed by atoms with van der Waals surface area (Å²) in [7, 11) is 3.53. The van der Waals surface area contributed by atoms with Crippen LogP contribution in [0.1, 0.15) is 6.92 Å². The van der Waals surface area contributed by atoms with E-state index in [1.165, 1.54) is 0 Å². The van der Waals surface area contributed by atoms with Gasteiger partial charge in [-0.25, -0.2) is 0 Å². The summed E-state index contributed by atoms with van der Waals surface area (Å²) >= 11 is 0. The maximum absolute atomic E-state index is 8.04. The molecule has 0 bridgehead atoms. The van der Waals surface area contributed by atoms with Crippen LogP contribution >= 0.6 is 0 Å². The molecule has 0 spiro atoms. The summed E-state index contributed by atoms with van der Waals surface area (Å²) in [6.07, 6.45) is 0. The fourth-order valence-electron chi connectivity index (χ4n) is 0. The van der Waals surface area contributed by atoms with Gasteiger partial charge in [0.1, 0.15) is 0 Å². The fourth-order valence-corrected chi connectivity index (χ4v) is 0. The monoisotopic (exact) mass is 68.1 g/mol. The first-order valence-electron chi connectivity index (χ1n) is 1.52. The molecule has 0 saturated carbocycles. The van der Waals surface area contributed by atoms with E-state index in [0.717, 1.165) is 5.36 Å². The number of rotatable bonds is 1. The van der Waals surface area contributed by atoms with Crippen molar-refractivity contribution in [3.63, 3.8) is 0 Å². The molecule has 0 heterocycles. The summed E-state index contributed by atoms with van der Waals surface area (Å²) in [6, 6.07) is 0. The minimum atomic E-state index is 0.111. The molecule has 3 heteroatoms. The Hall–Kier alpha value is -0.0401.